The molecule has 0 N–H and O–H groups in total. The Morgan fingerprint density at radius 1 is 0.774 bits per heavy atom. The summed E-state index contributed by atoms with van der Waals surface area (Å²) in [6, 6.07) is 29.3. The Hall–Kier alpha value is -2.56. The Bertz CT molecular complexity index is 917. The zero-order valence-electron chi connectivity index (χ0n) is 17.9. The van der Waals surface area contributed by atoms with Crippen LogP contribution in [0.5, 0.6) is 0 Å². The molecule has 3 rings (SSSR count). The maximum atomic E-state index is 13.0. The minimum atomic E-state index is -3.50. The number of carbonyl (C=O) groups excluding carboxylic acids is 1. The summed E-state index contributed by atoms with van der Waals surface area (Å²) < 4.78 is 29.0. The maximum absolute atomic E-state index is 13.0. The van der Waals surface area contributed by atoms with Crippen molar-refractivity contribution in [3.8, 4) is 0 Å². The Balaban J connectivity index is 2.12. The number of Topliss-reactive ketones (excluding diaryl/α,β-unsaturated/α-hetero) is 1. The van der Waals surface area contributed by atoms with Crippen LogP contribution in [0.15, 0.2) is 91.0 Å². The smallest absolute Gasteiger partial charge is 0.337 e. The molecule has 0 aromatic heterocycles. The van der Waals surface area contributed by atoms with E-state index in [0.29, 0.717) is 0 Å². The quantitative estimate of drug-likeness (QED) is 0.312. The van der Waals surface area contributed by atoms with Crippen LogP contribution in [0, 0.1) is 0 Å². The fourth-order valence-electron chi connectivity index (χ4n) is 3.58. The molecule has 5 nitrogen and oxygen atoms in total. The number of carbonyl (C=O) groups is 1. The third-order valence-electron chi connectivity index (χ3n) is 5.25. The summed E-state index contributed by atoms with van der Waals surface area (Å²) in [5.41, 5.74) is 1.61. The van der Waals surface area contributed by atoms with Crippen molar-refractivity contribution in [1.82, 2.24) is 0 Å². The lowest BCUT2D eigenvalue weighted by molar-refractivity contribution is -0.134. The van der Waals surface area contributed by atoms with Gasteiger partial charge in [0.25, 0.3) is 0 Å². The minimum absolute atomic E-state index is 0.362. The highest BCUT2D eigenvalue weighted by Crippen LogP contribution is 2.47. The van der Waals surface area contributed by atoms with Gasteiger partial charge in [0.05, 0.1) is 0 Å². The summed E-state index contributed by atoms with van der Waals surface area (Å²) in [6.07, 6.45) is -1.24. The fraction of sp³-hybridized carbons (Fsp3) is 0.240. The number of ketones is 1. The Morgan fingerprint density at radius 3 is 1.45 bits per heavy atom. The molecular formula is C25H27O5P. The summed E-state index contributed by atoms with van der Waals surface area (Å²) in [7, 11) is -0.964. The van der Waals surface area contributed by atoms with Gasteiger partial charge in [0.15, 0.2) is 5.78 Å². The van der Waals surface area contributed by atoms with Gasteiger partial charge in [-0.05, 0) is 23.6 Å². The molecule has 0 aliphatic carbocycles. The van der Waals surface area contributed by atoms with Gasteiger partial charge in [-0.1, -0.05) is 91.0 Å². The molecule has 0 spiro atoms. The average molecular weight is 438 g/mol. The fourth-order valence-corrected chi connectivity index (χ4v) is 4.62. The number of ether oxygens (including phenoxy) is 1. The maximum Gasteiger partial charge on any atom is 0.337 e. The highest BCUT2D eigenvalue weighted by molar-refractivity contribution is 7.54. The molecule has 0 radical (unpaired) electrons. The molecule has 6 heteroatoms. The van der Waals surface area contributed by atoms with Crippen LogP contribution in [0.3, 0.4) is 0 Å². The van der Waals surface area contributed by atoms with Gasteiger partial charge in [0, 0.05) is 14.2 Å². The first kappa shape index (κ1) is 23.1. The Kier molecular flexibility index (Phi) is 7.58. The van der Waals surface area contributed by atoms with Gasteiger partial charge in [-0.2, -0.15) is 0 Å². The molecule has 3 aromatic rings. The predicted molar refractivity (Wildman–Crippen MR) is 121 cm³/mol. The lowest BCUT2D eigenvalue weighted by atomic mass is 9.80. The zero-order chi connectivity index (χ0) is 22.3. The largest absolute Gasteiger partial charge is 0.350 e. The standard InChI is InChI=1S/C25H27O5P/c1-20(24(26)19-31(27,28-2)29-3)30-25(21-13-7-4-8-14-21,22-15-9-5-10-16-22)23-17-11-6-12-18-23/h4-18,20H,19H2,1-3H3/t20-/m0/s1. The normalized spacial score (nSPS) is 13.0. The molecule has 3 aromatic carbocycles. The second kappa shape index (κ2) is 10.2. The molecule has 0 saturated carbocycles. The molecule has 0 amide bonds. The first-order chi connectivity index (χ1) is 14.9. The highest BCUT2D eigenvalue weighted by Gasteiger charge is 2.41. The van der Waals surface area contributed by atoms with Crippen LogP contribution >= 0.6 is 7.60 Å². The van der Waals surface area contributed by atoms with Gasteiger partial charge in [-0.25, -0.2) is 0 Å². The molecule has 0 saturated heterocycles. The van der Waals surface area contributed by atoms with Gasteiger partial charge < -0.3 is 13.8 Å². The Morgan fingerprint density at radius 2 is 1.13 bits per heavy atom. The monoisotopic (exact) mass is 438 g/mol. The van der Waals surface area contributed by atoms with Crippen LogP contribution in [0.1, 0.15) is 23.6 Å². The minimum Gasteiger partial charge on any atom is -0.350 e. The predicted octanol–water partition coefficient (Wildman–Crippen LogP) is 5.44. The highest BCUT2D eigenvalue weighted by atomic mass is 31.2. The van der Waals surface area contributed by atoms with E-state index in [0.717, 1.165) is 16.7 Å². The van der Waals surface area contributed by atoms with Crippen molar-refractivity contribution in [2.24, 2.45) is 0 Å². The van der Waals surface area contributed by atoms with Crippen molar-refractivity contribution in [3.05, 3.63) is 108 Å². The number of hydrogen-bond acceptors (Lipinski definition) is 5. The Labute approximate surface area is 183 Å². The van der Waals surface area contributed by atoms with E-state index in [-0.39, 0.29) is 11.9 Å². The number of rotatable bonds is 10. The van der Waals surface area contributed by atoms with Crippen molar-refractivity contribution in [1.29, 1.82) is 0 Å². The van der Waals surface area contributed by atoms with E-state index in [1.165, 1.54) is 14.2 Å². The van der Waals surface area contributed by atoms with Gasteiger partial charge in [0.1, 0.15) is 17.9 Å². The van der Waals surface area contributed by atoms with Crippen LogP contribution in [0.25, 0.3) is 0 Å². The summed E-state index contributed by atoms with van der Waals surface area (Å²) >= 11 is 0. The van der Waals surface area contributed by atoms with Crippen LogP contribution in [0.4, 0.5) is 0 Å². The second-order valence-electron chi connectivity index (χ2n) is 7.14. The van der Waals surface area contributed by atoms with E-state index in [1.807, 2.05) is 91.0 Å². The molecule has 0 fully saturated rings. The van der Waals surface area contributed by atoms with Gasteiger partial charge >= 0.3 is 7.60 Å². The van der Waals surface area contributed by atoms with Gasteiger partial charge in [-0.15, -0.1) is 0 Å². The van der Waals surface area contributed by atoms with Crippen LogP contribution in [0.2, 0.25) is 0 Å². The van der Waals surface area contributed by atoms with E-state index < -0.39 is 19.3 Å². The van der Waals surface area contributed by atoms with Crippen LogP contribution in [-0.4, -0.2) is 32.3 Å². The summed E-state index contributed by atoms with van der Waals surface area (Å²) in [5.74, 6) is -0.362. The lowest BCUT2D eigenvalue weighted by Gasteiger charge is -2.38. The zero-order valence-corrected chi connectivity index (χ0v) is 18.8. The van der Waals surface area contributed by atoms with E-state index in [4.69, 9.17) is 13.8 Å². The first-order valence-electron chi connectivity index (χ1n) is 10.0. The topological polar surface area (TPSA) is 61.8 Å². The van der Waals surface area contributed by atoms with Crippen molar-refractivity contribution in [2.45, 2.75) is 18.6 Å². The van der Waals surface area contributed by atoms with E-state index in [1.54, 1.807) is 6.92 Å². The van der Waals surface area contributed by atoms with E-state index in [2.05, 4.69) is 0 Å². The molecule has 0 unspecified atom stereocenters. The number of benzene rings is 3. The van der Waals surface area contributed by atoms with Gasteiger partial charge in [0.2, 0.25) is 0 Å². The molecule has 0 aliphatic heterocycles. The molecular weight excluding hydrogens is 411 g/mol. The van der Waals surface area contributed by atoms with Crippen molar-refractivity contribution in [2.75, 3.05) is 20.4 Å². The third kappa shape index (κ3) is 5.03. The third-order valence-corrected chi connectivity index (χ3v) is 7.07. The average Bonchev–Trinajstić information content (AvgIpc) is 2.84. The van der Waals surface area contributed by atoms with Crippen molar-refractivity contribution < 1.29 is 23.1 Å². The molecule has 31 heavy (non-hydrogen) atoms. The summed E-state index contributed by atoms with van der Waals surface area (Å²) in [5, 5.41) is 0. The molecule has 0 heterocycles. The van der Waals surface area contributed by atoms with Gasteiger partial charge in [-0.3, -0.25) is 9.36 Å². The lowest BCUT2D eigenvalue weighted by Crippen LogP contribution is -2.39. The summed E-state index contributed by atoms with van der Waals surface area (Å²) in [6.45, 7) is 1.67. The SMILES string of the molecule is COP(=O)(CC(=O)[C@H](C)OC(c1ccccc1)(c1ccccc1)c1ccccc1)OC. The molecule has 1 atom stereocenters. The van der Waals surface area contributed by atoms with Crippen molar-refractivity contribution in [3.63, 3.8) is 0 Å². The van der Waals surface area contributed by atoms with E-state index in [9.17, 15) is 9.36 Å². The molecule has 162 valence electrons. The van der Waals surface area contributed by atoms with Crippen LogP contribution in [-0.2, 0) is 28.7 Å². The van der Waals surface area contributed by atoms with E-state index >= 15 is 0 Å². The second-order valence-corrected chi connectivity index (χ2v) is 9.41. The summed E-state index contributed by atoms with van der Waals surface area (Å²) in [4.78, 5) is 13.0. The molecule has 0 aliphatic rings. The molecule has 0 bridgehead atoms. The van der Waals surface area contributed by atoms with Crippen LogP contribution < -0.4 is 0 Å². The van der Waals surface area contributed by atoms with Crippen molar-refractivity contribution >= 4 is 13.4 Å². The first-order valence-corrected chi connectivity index (χ1v) is 11.8. The number of hydrogen-bond donors (Lipinski definition) is 0.